The average Bonchev–Trinajstić information content (AvgIpc) is 2.75. The fourth-order valence-electron chi connectivity index (χ4n) is 3.07. The summed E-state index contributed by atoms with van der Waals surface area (Å²) in [5.41, 5.74) is 2.24. The molecule has 0 atom stereocenters. The van der Waals surface area contributed by atoms with Crippen LogP contribution in [-0.4, -0.2) is 15.7 Å². The van der Waals surface area contributed by atoms with Crippen molar-refractivity contribution in [1.82, 2.24) is 9.55 Å². The van der Waals surface area contributed by atoms with Gasteiger partial charge in [-0.05, 0) is 52.2 Å². The molecule has 1 aromatic heterocycles. The SMILES string of the molecule is CC(C)Oc1cccc2c1nc(CCl)n2C1(C)CCC1. The van der Waals surface area contributed by atoms with Crippen LogP contribution in [0.3, 0.4) is 0 Å². The zero-order chi connectivity index (χ0) is 14.3. The van der Waals surface area contributed by atoms with Gasteiger partial charge < -0.3 is 9.30 Å². The number of ether oxygens (including phenoxy) is 1. The zero-order valence-corrected chi connectivity index (χ0v) is 13.1. The maximum atomic E-state index is 6.12. The Morgan fingerprint density at radius 3 is 2.70 bits per heavy atom. The van der Waals surface area contributed by atoms with Crippen molar-refractivity contribution in [1.29, 1.82) is 0 Å². The molecule has 0 spiro atoms. The molecule has 1 aliphatic rings. The summed E-state index contributed by atoms with van der Waals surface area (Å²) in [4.78, 5) is 4.74. The van der Waals surface area contributed by atoms with E-state index in [1.54, 1.807) is 0 Å². The highest BCUT2D eigenvalue weighted by Gasteiger charge is 2.36. The second kappa shape index (κ2) is 4.96. The van der Waals surface area contributed by atoms with Crippen LogP contribution in [0.1, 0.15) is 45.9 Å². The van der Waals surface area contributed by atoms with E-state index in [1.807, 2.05) is 26.0 Å². The van der Waals surface area contributed by atoms with Gasteiger partial charge >= 0.3 is 0 Å². The number of halogens is 1. The summed E-state index contributed by atoms with van der Waals surface area (Å²) in [6, 6.07) is 6.15. The van der Waals surface area contributed by atoms with Gasteiger partial charge in [-0.25, -0.2) is 4.98 Å². The number of para-hydroxylation sites is 1. The van der Waals surface area contributed by atoms with Crippen LogP contribution < -0.4 is 4.74 Å². The topological polar surface area (TPSA) is 27.1 Å². The number of nitrogens with zero attached hydrogens (tertiary/aromatic N) is 2. The molecule has 1 saturated carbocycles. The standard InChI is InChI=1S/C16H21ClN2O/c1-11(2)20-13-7-4-6-12-15(13)18-14(10-17)19(12)16(3)8-5-9-16/h4,6-7,11H,5,8-10H2,1-3H3. The first-order chi connectivity index (χ1) is 9.55. The number of fused-ring (bicyclic) bond motifs is 1. The van der Waals surface area contributed by atoms with Crippen molar-refractivity contribution in [3.63, 3.8) is 0 Å². The summed E-state index contributed by atoms with van der Waals surface area (Å²) in [6.45, 7) is 6.36. The predicted octanol–water partition coefficient (Wildman–Crippen LogP) is 4.46. The number of benzene rings is 1. The fourth-order valence-corrected chi connectivity index (χ4v) is 3.25. The number of imidazole rings is 1. The monoisotopic (exact) mass is 292 g/mol. The number of aromatic nitrogens is 2. The van der Waals surface area contributed by atoms with E-state index >= 15 is 0 Å². The normalized spacial score (nSPS) is 17.4. The lowest BCUT2D eigenvalue weighted by Crippen LogP contribution is -2.38. The molecule has 3 nitrogen and oxygen atoms in total. The molecule has 0 aliphatic heterocycles. The molecule has 1 heterocycles. The first-order valence-electron chi connectivity index (χ1n) is 7.28. The molecule has 20 heavy (non-hydrogen) atoms. The lowest BCUT2D eigenvalue weighted by Gasteiger charge is -2.41. The second-order valence-electron chi connectivity index (χ2n) is 6.14. The highest BCUT2D eigenvalue weighted by Crippen LogP contribution is 2.43. The smallest absolute Gasteiger partial charge is 0.147 e. The van der Waals surface area contributed by atoms with Crippen molar-refractivity contribution in [2.45, 2.75) is 57.6 Å². The van der Waals surface area contributed by atoms with Crippen LogP contribution >= 0.6 is 11.6 Å². The third-order valence-corrected chi connectivity index (χ3v) is 4.41. The quantitative estimate of drug-likeness (QED) is 0.778. The van der Waals surface area contributed by atoms with Gasteiger partial charge in [-0.2, -0.15) is 0 Å². The summed E-state index contributed by atoms with van der Waals surface area (Å²) < 4.78 is 8.21. The predicted molar refractivity (Wildman–Crippen MR) is 82.6 cm³/mol. The van der Waals surface area contributed by atoms with Crippen LogP contribution in [0.2, 0.25) is 0 Å². The van der Waals surface area contributed by atoms with E-state index in [4.69, 9.17) is 21.3 Å². The summed E-state index contributed by atoms with van der Waals surface area (Å²) >= 11 is 6.12. The van der Waals surface area contributed by atoms with Gasteiger partial charge in [0.05, 0.1) is 17.5 Å². The third kappa shape index (κ3) is 2.08. The largest absolute Gasteiger partial charge is 0.489 e. The number of rotatable bonds is 4. The molecule has 1 aromatic carbocycles. The Morgan fingerprint density at radius 2 is 2.15 bits per heavy atom. The minimum atomic E-state index is 0.143. The van der Waals surface area contributed by atoms with Crippen molar-refractivity contribution < 1.29 is 4.74 Å². The maximum absolute atomic E-state index is 6.12. The molecule has 108 valence electrons. The van der Waals surface area contributed by atoms with E-state index < -0.39 is 0 Å². The molecular weight excluding hydrogens is 272 g/mol. The van der Waals surface area contributed by atoms with Gasteiger partial charge in [-0.3, -0.25) is 0 Å². The van der Waals surface area contributed by atoms with Crippen LogP contribution in [0.4, 0.5) is 0 Å². The van der Waals surface area contributed by atoms with Gasteiger partial charge in [0.15, 0.2) is 0 Å². The van der Waals surface area contributed by atoms with E-state index in [-0.39, 0.29) is 11.6 Å². The Kier molecular flexibility index (Phi) is 3.41. The van der Waals surface area contributed by atoms with Gasteiger partial charge in [0.25, 0.3) is 0 Å². The molecule has 4 heteroatoms. The molecule has 0 bridgehead atoms. The Bertz CT molecular complexity index is 629. The Hall–Kier alpha value is -1.22. The number of hydrogen-bond donors (Lipinski definition) is 0. The molecule has 0 N–H and O–H groups in total. The lowest BCUT2D eigenvalue weighted by atomic mass is 9.78. The van der Waals surface area contributed by atoms with Crippen LogP contribution in [0, 0.1) is 0 Å². The zero-order valence-electron chi connectivity index (χ0n) is 12.3. The number of alkyl halides is 1. The fraction of sp³-hybridized carbons (Fsp3) is 0.562. The molecule has 2 aromatic rings. The van der Waals surface area contributed by atoms with Crippen LogP contribution in [-0.2, 0) is 11.4 Å². The highest BCUT2D eigenvalue weighted by atomic mass is 35.5. The second-order valence-corrected chi connectivity index (χ2v) is 6.41. The molecule has 1 aliphatic carbocycles. The molecular formula is C16H21ClN2O. The Balaban J connectivity index is 2.19. The highest BCUT2D eigenvalue weighted by molar-refractivity contribution is 6.16. The van der Waals surface area contributed by atoms with Crippen molar-refractivity contribution in [2.75, 3.05) is 0 Å². The molecule has 3 rings (SSSR count). The first-order valence-corrected chi connectivity index (χ1v) is 7.82. The third-order valence-electron chi connectivity index (χ3n) is 4.17. The van der Waals surface area contributed by atoms with Crippen LogP contribution in [0.25, 0.3) is 11.0 Å². The van der Waals surface area contributed by atoms with Crippen molar-refractivity contribution in [3.8, 4) is 5.75 Å². The van der Waals surface area contributed by atoms with E-state index in [9.17, 15) is 0 Å². The summed E-state index contributed by atoms with van der Waals surface area (Å²) in [5, 5.41) is 0. The molecule has 0 radical (unpaired) electrons. The average molecular weight is 293 g/mol. The summed E-state index contributed by atoms with van der Waals surface area (Å²) in [6.07, 6.45) is 3.81. The molecule has 0 unspecified atom stereocenters. The van der Waals surface area contributed by atoms with Gasteiger partial charge in [-0.15, -0.1) is 11.6 Å². The van der Waals surface area contributed by atoms with Crippen LogP contribution in [0.15, 0.2) is 18.2 Å². The van der Waals surface area contributed by atoms with Gasteiger partial charge in [0.1, 0.15) is 17.1 Å². The van der Waals surface area contributed by atoms with Crippen molar-refractivity contribution in [2.24, 2.45) is 0 Å². The maximum Gasteiger partial charge on any atom is 0.147 e. The van der Waals surface area contributed by atoms with E-state index in [1.165, 1.54) is 19.3 Å². The van der Waals surface area contributed by atoms with E-state index in [0.29, 0.717) is 5.88 Å². The van der Waals surface area contributed by atoms with Gasteiger partial charge in [0.2, 0.25) is 0 Å². The first kappa shape index (κ1) is 13.7. The molecule has 0 saturated heterocycles. The van der Waals surface area contributed by atoms with E-state index in [2.05, 4.69) is 17.6 Å². The Labute approximate surface area is 124 Å². The summed E-state index contributed by atoms with van der Waals surface area (Å²) in [7, 11) is 0. The molecule has 0 amide bonds. The van der Waals surface area contributed by atoms with Crippen molar-refractivity contribution >= 4 is 22.6 Å². The van der Waals surface area contributed by atoms with Gasteiger partial charge in [0, 0.05) is 5.54 Å². The van der Waals surface area contributed by atoms with Crippen LogP contribution in [0.5, 0.6) is 5.75 Å². The van der Waals surface area contributed by atoms with E-state index in [0.717, 1.165) is 22.6 Å². The minimum Gasteiger partial charge on any atom is -0.489 e. The minimum absolute atomic E-state index is 0.143. The summed E-state index contributed by atoms with van der Waals surface area (Å²) in [5.74, 6) is 2.24. The van der Waals surface area contributed by atoms with Gasteiger partial charge in [-0.1, -0.05) is 6.07 Å². The lowest BCUT2D eigenvalue weighted by molar-refractivity contribution is 0.171. The Morgan fingerprint density at radius 1 is 1.40 bits per heavy atom. The number of hydrogen-bond acceptors (Lipinski definition) is 2. The van der Waals surface area contributed by atoms with Crippen molar-refractivity contribution in [3.05, 3.63) is 24.0 Å². The molecule has 1 fully saturated rings.